The molecule has 7 rings (SSSR count). The first-order valence-corrected chi connectivity index (χ1v) is 19.2. The van der Waals surface area contributed by atoms with E-state index >= 15 is 0 Å². The molecule has 1 fully saturated rings. The molecule has 1 saturated carbocycles. The fourth-order valence-electron chi connectivity index (χ4n) is 8.16. The lowest BCUT2D eigenvalue weighted by Gasteiger charge is -2.29. The van der Waals surface area contributed by atoms with E-state index in [2.05, 4.69) is 25.4 Å². The van der Waals surface area contributed by atoms with Gasteiger partial charge in [-0.3, -0.25) is 19.4 Å². The molecule has 1 atom stereocenters. The number of fused-ring (bicyclic) bond motifs is 2. The average molecular weight is 748 g/mol. The van der Waals surface area contributed by atoms with E-state index in [0.29, 0.717) is 51.5 Å². The van der Waals surface area contributed by atoms with Gasteiger partial charge in [0.1, 0.15) is 0 Å². The minimum Gasteiger partial charge on any atom is -0.392 e. The van der Waals surface area contributed by atoms with E-state index in [0.717, 1.165) is 67.7 Å². The smallest absolute Gasteiger partial charge is 0.291 e. The molecule has 13 heteroatoms. The zero-order chi connectivity index (χ0) is 36.5. The second-order valence-electron chi connectivity index (χ2n) is 14.7. The molecule has 11 nitrogen and oxygen atoms in total. The molecule has 0 saturated heterocycles. The summed E-state index contributed by atoms with van der Waals surface area (Å²) in [6.45, 7) is 6.49. The van der Waals surface area contributed by atoms with Crippen molar-refractivity contribution in [1.82, 2.24) is 28.9 Å². The normalized spacial score (nSPS) is 17.4. The van der Waals surface area contributed by atoms with Gasteiger partial charge in [0.15, 0.2) is 11.6 Å². The van der Waals surface area contributed by atoms with Gasteiger partial charge in [-0.2, -0.15) is 0 Å². The molecule has 4 heterocycles. The van der Waals surface area contributed by atoms with Gasteiger partial charge in [-0.25, -0.2) is 9.97 Å². The Morgan fingerprint density at radius 1 is 0.808 bits per heavy atom. The Kier molecular flexibility index (Phi) is 11.1. The first kappa shape index (κ1) is 36.6. The predicted octanol–water partition coefficient (Wildman–Crippen LogP) is 6.70. The fraction of sp³-hybridized carbons (Fsp3) is 0.487. The summed E-state index contributed by atoms with van der Waals surface area (Å²) in [7, 11) is 3.75. The Morgan fingerprint density at radius 2 is 1.31 bits per heavy atom. The molecule has 0 spiro atoms. The first-order chi connectivity index (χ1) is 25.1. The van der Waals surface area contributed by atoms with Crippen LogP contribution in [0.4, 0.5) is 11.4 Å². The monoisotopic (exact) mass is 746 g/mol. The summed E-state index contributed by atoms with van der Waals surface area (Å²) < 4.78 is 3.74. The van der Waals surface area contributed by atoms with Crippen LogP contribution in [0.25, 0.3) is 11.1 Å². The number of anilines is 2. The van der Waals surface area contributed by atoms with Crippen molar-refractivity contribution >= 4 is 46.4 Å². The standard InChI is InChI=1S/C39H48Cl2N8O3/c1-24(50)21-49-20-17-33-31(23-49)43-37(47(33)3)39(52)45-29-14-8-12-27(35(29)41)26-11-7-13-28(34(26)40)44-38(51)36-42-30-22-48(19-16-32(30)46(36)2)18-15-25-9-5-4-6-10-25/h7-8,11-14,24-25,50H,4-6,9-10,15-23H2,1-3H3,(H,44,51)(H,45,52)/t24-/m1/s1. The molecule has 2 aliphatic heterocycles. The number of aliphatic hydroxyl groups excluding tert-OH is 1. The third-order valence-corrected chi connectivity index (χ3v) is 11.8. The summed E-state index contributed by atoms with van der Waals surface area (Å²) in [6.07, 6.45) is 9.20. The third kappa shape index (κ3) is 7.66. The lowest BCUT2D eigenvalue weighted by atomic mass is 9.87. The number of aliphatic hydroxyl groups is 1. The lowest BCUT2D eigenvalue weighted by molar-refractivity contribution is 0.100. The minimum atomic E-state index is -0.439. The van der Waals surface area contributed by atoms with Crippen molar-refractivity contribution in [2.24, 2.45) is 20.0 Å². The van der Waals surface area contributed by atoms with Crippen LogP contribution in [0.15, 0.2) is 36.4 Å². The van der Waals surface area contributed by atoms with Gasteiger partial charge in [0, 0.05) is 82.2 Å². The van der Waals surface area contributed by atoms with Gasteiger partial charge >= 0.3 is 0 Å². The van der Waals surface area contributed by atoms with E-state index in [4.69, 9.17) is 28.2 Å². The highest BCUT2D eigenvalue weighted by atomic mass is 35.5. The quantitative estimate of drug-likeness (QED) is 0.165. The topological polar surface area (TPSA) is 121 Å². The number of carbonyl (C=O) groups excluding carboxylic acids is 2. The van der Waals surface area contributed by atoms with Gasteiger partial charge in [-0.05, 0) is 37.9 Å². The molecular weight excluding hydrogens is 699 g/mol. The highest BCUT2D eigenvalue weighted by molar-refractivity contribution is 6.40. The molecule has 1 aliphatic carbocycles. The summed E-state index contributed by atoms with van der Waals surface area (Å²) in [4.78, 5) is 41.2. The largest absolute Gasteiger partial charge is 0.392 e. The number of amides is 2. The maximum absolute atomic E-state index is 13.6. The second-order valence-corrected chi connectivity index (χ2v) is 15.4. The van der Waals surface area contributed by atoms with Crippen LogP contribution in [-0.2, 0) is 40.0 Å². The van der Waals surface area contributed by atoms with Crippen molar-refractivity contribution in [2.75, 3.05) is 36.8 Å². The van der Waals surface area contributed by atoms with Gasteiger partial charge < -0.3 is 24.9 Å². The van der Waals surface area contributed by atoms with Crippen LogP contribution in [0, 0.1) is 5.92 Å². The van der Waals surface area contributed by atoms with Crippen molar-refractivity contribution in [1.29, 1.82) is 0 Å². The Morgan fingerprint density at radius 3 is 1.83 bits per heavy atom. The number of halogens is 2. The van der Waals surface area contributed by atoms with Gasteiger partial charge in [0.2, 0.25) is 0 Å². The SMILES string of the molecule is C[C@@H](O)CN1CCc2c(nc(C(=O)Nc3cccc(-c4cccc(NC(=O)c5nc6c(n5C)CCN(CCC5CCCCC5)C6)c4Cl)c3Cl)n2C)C1. The Labute approximate surface area is 315 Å². The molecule has 0 radical (unpaired) electrons. The average Bonchev–Trinajstić information content (AvgIpc) is 3.64. The summed E-state index contributed by atoms with van der Waals surface area (Å²) >= 11 is 13.9. The number of carbonyl (C=O) groups is 2. The number of nitrogens with one attached hydrogen (secondary N) is 2. The lowest BCUT2D eigenvalue weighted by Crippen LogP contribution is -2.36. The van der Waals surface area contributed by atoms with Crippen LogP contribution >= 0.6 is 23.2 Å². The van der Waals surface area contributed by atoms with Crippen molar-refractivity contribution in [3.63, 3.8) is 0 Å². The van der Waals surface area contributed by atoms with Crippen LogP contribution in [0.3, 0.4) is 0 Å². The molecule has 4 aromatic rings. The van der Waals surface area contributed by atoms with E-state index in [9.17, 15) is 14.7 Å². The Bertz CT molecular complexity index is 1960. The van der Waals surface area contributed by atoms with Crippen LogP contribution in [0.5, 0.6) is 0 Å². The minimum absolute atomic E-state index is 0.288. The van der Waals surface area contributed by atoms with E-state index in [1.165, 1.54) is 38.5 Å². The van der Waals surface area contributed by atoms with E-state index in [-0.39, 0.29) is 17.6 Å². The number of benzene rings is 2. The summed E-state index contributed by atoms with van der Waals surface area (Å²) in [6, 6.07) is 10.8. The molecule has 52 heavy (non-hydrogen) atoms. The van der Waals surface area contributed by atoms with Crippen LogP contribution in [0.2, 0.25) is 10.0 Å². The molecule has 2 amide bonds. The number of aromatic nitrogens is 4. The zero-order valence-corrected chi connectivity index (χ0v) is 31.7. The maximum Gasteiger partial charge on any atom is 0.291 e. The van der Waals surface area contributed by atoms with Gasteiger partial charge in [-0.1, -0.05) is 79.6 Å². The molecule has 3 aliphatic rings. The number of nitrogens with zero attached hydrogens (tertiary/aromatic N) is 6. The zero-order valence-electron chi connectivity index (χ0n) is 30.2. The molecular formula is C39H48Cl2N8O3. The summed E-state index contributed by atoms with van der Waals surface area (Å²) in [5.41, 5.74) is 5.99. The number of imidazole rings is 2. The van der Waals surface area contributed by atoms with Gasteiger partial charge in [0.05, 0.1) is 38.9 Å². The number of hydrogen-bond acceptors (Lipinski definition) is 7. The van der Waals surface area contributed by atoms with Crippen LogP contribution in [-0.4, -0.2) is 78.1 Å². The van der Waals surface area contributed by atoms with Gasteiger partial charge in [0.25, 0.3) is 11.8 Å². The molecule has 276 valence electrons. The van der Waals surface area contributed by atoms with Crippen LogP contribution < -0.4 is 10.6 Å². The van der Waals surface area contributed by atoms with E-state index in [1.807, 2.05) is 41.4 Å². The molecule has 0 unspecified atom stereocenters. The Hall–Kier alpha value is -3.74. The second kappa shape index (κ2) is 15.7. The summed E-state index contributed by atoms with van der Waals surface area (Å²) in [5, 5.41) is 16.4. The number of β-amino-alcohol motifs (C(OH)–C–C–N with tert-alkyl or cyclic N) is 1. The summed E-state index contributed by atoms with van der Waals surface area (Å²) in [5.74, 6) is 0.772. The van der Waals surface area contributed by atoms with Crippen LogP contribution in [0.1, 0.15) is 89.5 Å². The third-order valence-electron chi connectivity index (χ3n) is 11.0. The fourth-order valence-corrected chi connectivity index (χ4v) is 8.71. The van der Waals surface area contributed by atoms with E-state index < -0.39 is 6.10 Å². The van der Waals surface area contributed by atoms with Gasteiger partial charge in [-0.15, -0.1) is 0 Å². The van der Waals surface area contributed by atoms with Crippen molar-refractivity contribution in [3.05, 3.63) is 80.9 Å². The molecule has 0 bridgehead atoms. The first-order valence-electron chi connectivity index (χ1n) is 18.5. The molecule has 2 aromatic heterocycles. The van der Waals surface area contributed by atoms with Crippen molar-refractivity contribution < 1.29 is 14.7 Å². The maximum atomic E-state index is 13.6. The predicted molar refractivity (Wildman–Crippen MR) is 205 cm³/mol. The highest BCUT2D eigenvalue weighted by Crippen LogP contribution is 2.40. The molecule has 3 N–H and O–H groups in total. The molecule has 2 aromatic carbocycles. The highest BCUT2D eigenvalue weighted by Gasteiger charge is 2.28. The number of hydrogen-bond donors (Lipinski definition) is 3. The Balaban J connectivity index is 1.04. The van der Waals surface area contributed by atoms with Crippen molar-refractivity contribution in [2.45, 2.75) is 77.5 Å². The van der Waals surface area contributed by atoms with E-state index in [1.54, 1.807) is 25.1 Å². The van der Waals surface area contributed by atoms with Crippen molar-refractivity contribution in [3.8, 4) is 11.1 Å². The number of rotatable bonds is 10.